The first kappa shape index (κ1) is 15.5. The lowest BCUT2D eigenvalue weighted by atomic mass is 10.1. The Balaban J connectivity index is 1.53. The molecule has 0 spiro atoms. The van der Waals surface area contributed by atoms with Gasteiger partial charge in [-0.1, -0.05) is 31.0 Å². The number of para-hydroxylation sites is 1. The van der Waals surface area contributed by atoms with Crippen LogP contribution >= 0.6 is 0 Å². The van der Waals surface area contributed by atoms with E-state index in [1.54, 1.807) is 13.3 Å². The maximum Gasteiger partial charge on any atom is 0.244 e. The standard InChI is InChI=1S/C17H23N5O/c1-23-15-9-5-2-6-13(15)10-11-18-17-21-16(12-19-22-17)20-14-7-3-4-8-14/h2,5-6,9,12,14H,3-4,7-8,10-11H2,1H3,(H2,18,20,21,22). The average molecular weight is 313 g/mol. The van der Waals surface area contributed by atoms with Crippen LogP contribution in [0.3, 0.4) is 0 Å². The van der Waals surface area contributed by atoms with Crippen molar-refractivity contribution in [1.82, 2.24) is 15.2 Å². The highest BCUT2D eigenvalue weighted by Gasteiger charge is 2.15. The molecule has 122 valence electrons. The van der Waals surface area contributed by atoms with E-state index in [2.05, 4.69) is 31.9 Å². The lowest BCUT2D eigenvalue weighted by Gasteiger charge is -2.13. The molecule has 1 fully saturated rings. The molecule has 0 bridgehead atoms. The Morgan fingerprint density at radius 3 is 2.87 bits per heavy atom. The Labute approximate surface area is 136 Å². The van der Waals surface area contributed by atoms with Crippen molar-refractivity contribution in [2.45, 2.75) is 38.1 Å². The summed E-state index contributed by atoms with van der Waals surface area (Å²) in [5.41, 5.74) is 1.16. The number of nitrogens with one attached hydrogen (secondary N) is 2. The van der Waals surface area contributed by atoms with Gasteiger partial charge in [0.25, 0.3) is 0 Å². The van der Waals surface area contributed by atoms with Crippen LogP contribution in [-0.2, 0) is 6.42 Å². The second kappa shape index (κ2) is 7.76. The summed E-state index contributed by atoms with van der Waals surface area (Å²) in [4.78, 5) is 4.48. The van der Waals surface area contributed by atoms with Crippen molar-refractivity contribution in [3.8, 4) is 5.75 Å². The fraction of sp³-hybridized carbons (Fsp3) is 0.471. The van der Waals surface area contributed by atoms with Crippen molar-refractivity contribution in [3.05, 3.63) is 36.0 Å². The Bertz CT molecular complexity index is 628. The SMILES string of the molecule is COc1ccccc1CCNc1nncc(NC2CCCC2)n1. The van der Waals surface area contributed by atoms with Gasteiger partial charge in [0.15, 0.2) is 5.82 Å². The third-order valence-electron chi connectivity index (χ3n) is 4.14. The van der Waals surface area contributed by atoms with Gasteiger partial charge in [-0.15, -0.1) is 5.10 Å². The number of methoxy groups -OCH3 is 1. The molecule has 1 saturated carbocycles. The summed E-state index contributed by atoms with van der Waals surface area (Å²) in [5.74, 6) is 2.26. The molecule has 1 heterocycles. The van der Waals surface area contributed by atoms with Gasteiger partial charge in [0.1, 0.15) is 5.75 Å². The van der Waals surface area contributed by atoms with E-state index >= 15 is 0 Å². The smallest absolute Gasteiger partial charge is 0.244 e. The van der Waals surface area contributed by atoms with Crippen LogP contribution < -0.4 is 15.4 Å². The zero-order chi connectivity index (χ0) is 15.9. The zero-order valence-corrected chi connectivity index (χ0v) is 13.5. The van der Waals surface area contributed by atoms with Crippen molar-refractivity contribution in [3.63, 3.8) is 0 Å². The third kappa shape index (κ3) is 4.31. The number of hydrogen-bond donors (Lipinski definition) is 2. The first-order valence-electron chi connectivity index (χ1n) is 8.17. The van der Waals surface area contributed by atoms with Gasteiger partial charge in [-0.2, -0.15) is 10.1 Å². The van der Waals surface area contributed by atoms with Gasteiger partial charge in [0.05, 0.1) is 13.3 Å². The van der Waals surface area contributed by atoms with Gasteiger partial charge in [-0.05, 0) is 30.9 Å². The highest BCUT2D eigenvalue weighted by Crippen LogP contribution is 2.21. The topological polar surface area (TPSA) is 72.0 Å². The Morgan fingerprint density at radius 2 is 2.04 bits per heavy atom. The predicted molar refractivity (Wildman–Crippen MR) is 90.9 cm³/mol. The number of hydrogen-bond acceptors (Lipinski definition) is 6. The summed E-state index contributed by atoms with van der Waals surface area (Å²) in [6, 6.07) is 8.55. The van der Waals surface area contributed by atoms with Gasteiger partial charge in [0, 0.05) is 12.6 Å². The molecule has 3 rings (SSSR count). The number of nitrogens with zero attached hydrogens (tertiary/aromatic N) is 3. The second-order valence-electron chi connectivity index (χ2n) is 5.78. The maximum atomic E-state index is 5.36. The summed E-state index contributed by atoms with van der Waals surface area (Å²) in [5, 5.41) is 14.7. The second-order valence-corrected chi connectivity index (χ2v) is 5.78. The van der Waals surface area contributed by atoms with Crippen LogP contribution in [0.15, 0.2) is 30.5 Å². The van der Waals surface area contributed by atoms with E-state index in [9.17, 15) is 0 Å². The lowest BCUT2D eigenvalue weighted by molar-refractivity contribution is 0.410. The van der Waals surface area contributed by atoms with Gasteiger partial charge < -0.3 is 15.4 Å². The minimum absolute atomic E-state index is 0.521. The predicted octanol–water partition coefficient (Wildman–Crippen LogP) is 2.89. The van der Waals surface area contributed by atoms with Gasteiger partial charge in [0.2, 0.25) is 5.95 Å². The maximum absolute atomic E-state index is 5.36. The van der Waals surface area contributed by atoms with Gasteiger partial charge in [-0.3, -0.25) is 0 Å². The van der Waals surface area contributed by atoms with Crippen molar-refractivity contribution in [2.75, 3.05) is 24.3 Å². The summed E-state index contributed by atoms with van der Waals surface area (Å²) >= 11 is 0. The molecule has 2 aromatic rings. The number of rotatable bonds is 7. The van der Waals surface area contributed by atoms with Crippen LogP contribution in [0.1, 0.15) is 31.2 Å². The first-order valence-corrected chi connectivity index (χ1v) is 8.17. The zero-order valence-electron chi connectivity index (χ0n) is 13.5. The molecule has 6 heteroatoms. The number of benzene rings is 1. The van der Waals surface area contributed by atoms with Crippen LogP contribution in [0, 0.1) is 0 Å². The lowest BCUT2D eigenvalue weighted by Crippen LogP contribution is -2.17. The average Bonchev–Trinajstić information content (AvgIpc) is 3.09. The van der Waals surface area contributed by atoms with Crippen LogP contribution in [-0.4, -0.2) is 34.9 Å². The summed E-state index contributed by atoms with van der Waals surface area (Å²) in [7, 11) is 1.69. The molecule has 0 radical (unpaired) electrons. The van der Waals surface area contributed by atoms with E-state index in [0.29, 0.717) is 12.0 Å². The fourth-order valence-corrected chi connectivity index (χ4v) is 2.95. The highest BCUT2D eigenvalue weighted by atomic mass is 16.5. The molecule has 0 unspecified atom stereocenters. The first-order chi connectivity index (χ1) is 11.3. The van der Waals surface area contributed by atoms with Crippen molar-refractivity contribution in [1.29, 1.82) is 0 Å². The Morgan fingerprint density at radius 1 is 1.22 bits per heavy atom. The van der Waals surface area contributed by atoms with E-state index in [1.165, 1.54) is 25.7 Å². The Kier molecular flexibility index (Phi) is 5.24. The Hall–Kier alpha value is -2.37. The van der Waals surface area contributed by atoms with Crippen LogP contribution in [0.2, 0.25) is 0 Å². The molecule has 0 saturated heterocycles. The molecule has 0 aliphatic heterocycles. The molecule has 0 amide bonds. The van der Waals surface area contributed by atoms with Crippen molar-refractivity contribution < 1.29 is 4.74 Å². The minimum atomic E-state index is 0.521. The molecule has 6 nitrogen and oxygen atoms in total. The molecule has 2 N–H and O–H groups in total. The van der Waals surface area contributed by atoms with E-state index in [0.717, 1.165) is 30.1 Å². The van der Waals surface area contributed by atoms with E-state index < -0.39 is 0 Å². The normalized spacial score (nSPS) is 14.7. The van der Waals surface area contributed by atoms with Crippen LogP contribution in [0.5, 0.6) is 5.75 Å². The van der Waals surface area contributed by atoms with E-state index in [4.69, 9.17) is 4.74 Å². The number of anilines is 2. The summed E-state index contributed by atoms with van der Waals surface area (Å²) < 4.78 is 5.36. The highest BCUT2D eigenvalue weighted by molar-refractivity contribution is 5.39. The minimum Gasteiger partial charge on any atom is -0.496 e. The summed E-state index contributed by atoms with van der Waals surface area (Å²) in [6.45, 7) is 0.731. The van der Waals surface area contributed by atoms with E-state index in [1.807, 2.05) is 18.2 Å². The third-order valence-corrected chi connectivity index (χ3v) is 4.14. The van der Waals surface area contributed by atoms with Gasteiger partial charge >= 0.3 is 0 Å². The monoisotopic (exact) mass is 313 g/mol. The molecule has 1 aromatic heterocycles. The van der Waals surface area contributed by atoms with Crippen LogP contribution in [0.25, 0.3) is 0 Å². The van der Waals surface area contributed by atoms with Crippen molar-refractivity contribution >= 4 is 11.8 Å². The molecule has 23 heavy (non-hydrogen) atoms. The number of aromatic nitrogens is 3. The van der Waals surface area contributed by atoms with Crippen LogP contribution in [0.4, 0.5) is 11.8 Å². The molecule has 0 atom stereocenters. The largest absolute Gasteiger partial charge is 0.496 e. The molecule has 1 aliphatic carbocycles. The summed E-state index contributed by atoms with van der Waals surface area (Å²) in [6.07, 6.45) is 7.53. The number of ether oxygens (including phenoxy) is 1. The molecular weight excluding hydrogens is 290 g/mol. The molecule has 1 aliphatic rings. The van der Waals surface area contributed by atoms with Crippen molar-refractivity contribution in [2.24, 2.45) is 0 Å². The molecule has 1 aromatic carbocycles. The fourth-order valence-electron chi connectivity index (χ4n) is 2.95. The quantitative estimate of drug-likeness (QED) is 0.819. The van der Waals surface area contributed by atoms with Gasteiger partial charge in [-0.25, -0.2) is 0 Å². The molecular formula is C17H23N5O. The van der Waals surface area contributed by atoms with E-state index in [-0.39, 0.29) is 0 Å².